The van der Waals surface area contributed by atoms with E-state index in [2.05, 4.69) is 23.2 Å². The van der Waals surface area contributed by atoms with E-state index in [9.17, 15) is 0 Å². The highest BCUT2D eigenvalue weighted by atomic mass is 14.6. The molecule has 3 N–H and O–H groups in total. The zero-order valence-electron chi connectivity index (χ0n) is 7.98. The molecule has 0 aliphatic rings. The molecule has 0 saturated carbocycles. The smallest absolute Gasteiger partial charge is 0.0227 e. The van der Waals surface area contributed by atoms with Crippen LogP contribution in [-0.4, -0.2) is 11.5 Å². The lowest BCUT2D eigenvalue weighted by molar-refractivity contribution is 0.820. The average molecular weight is 186 g/mol. The van der Waals surface area contributed by atoms with Gasteiger partial charge in [0, 0.05) is 24.9 Å². The molecule has 0 saturated heterocycles. The van der Waals surface area contributed by atoms with Gasteiger partial charge in [-0.15, -0.1) is 0 Å². The Morgan fingerprint density at radius 3 is 2.43 bits per heavy atom. The van der Waals surface area contributed by atoms with Crippen LogP contribution in [0.4, 0.5) is 0 Å². The van der Waals surface area contributed by atoms with Crippen LogP contribution >= 0.6 is 0 Å². The lowest BCUT2D eigenvalue weighted by atomic mass is 9.94. The molecule has 1 atom stereocenters. The third-order valence-electron chi connectivity index (χ3n) is 2.46. The van der Waals surface area contributed by atoms with Crippen LogP contribution in [-0.2, 0) is 0 Å². The monoisotopic (exact) mass is 186 g/mol. The summed E-state index contributed by atoms with van der Waals surface area (Å²) in [5, 5.41) is 0. The van der Waals surface area contributed by atoms with Crippen molar-refractivity contribution < 1.29 is 0 Å². The van der Waals surface area contributed by atoms with E-state index in [1.54, 1.807) is 0 Å². The third kappa shape index (κ3) is 1.70. The van der Waals surface area contributed by atoms with Gasteiger partial charge < -0.3 is 10.7 Å². The van der Waals surface area contributed by atoms with E-state index >= 15 is 0 Å². The van der Waals surface area contributed by atoms with Gasteiger partial charge in [0.15, 0.2) is 0 Å². The van der Waals surface area contributed by atoms with Crippen molar-refractivity contribution in [3.05, 3.63) is 59.9 Å². The number of aromatic nitrogens is 1. The SMILES string of the molecule is NCC(c1ccccc1)c1cc[nH]c1. The van der Waals surface area contributed by atoms with Crippen molar-refractivity contribution >= 4 is 0 Å². The predicted molar refractivity (Wildman–Crippen MR) is 58.1 cm³/mol. The second-order valence-electron chi connectivity index (χ2n) is 3.34. The maximum atomic E-state index is 5.78. The maximum absolute atomic E-state index is 5.78. The van der Waals surface area contributed by atoms with Gasteiger partial charge in [0.1, 0.15) is 0 Å². The third-order valence-corrected chi connectivity index (χ3v) is 2.46. The molecule has 0 amide bonds. The van der Waals surface area contributed by atoms with Crippen molar-refractivity contribution in [2.75, 3.05) is 6.54 Å². The summed E-state index contributed by atoms with van der Waals surface area (Å²) in [4.78, 5) is 3.06. The molecule has 1 aromatic carbocycles. The zero-order chi connectivity index (χ0) is 9.80. The quantitative estimate of drug-likeness (QED) is 0.757. The number of nitrogens with one attached hydrogen (secondary N) is 1. The number of hydrogen-bond donors (Lipinski definition) is 2. The maximum Gasteiger partial charge on any atom is 0.0227 e. The van der Waals surface area contributed by atoms with Crippen LogP contribution in [0.15, 0.2) is 48.8 Å². The van der Waals surface area contributed by atoms with E-state index in [-0.39, 0.29) is 0 Å². The van der Waals surface area contributed by atoms with Gasteiger partial charge in [0.2, 0.25) is 0 Å². The van der Waals surface area contributed by atoms with E-state index in [1.807, 2.05) is 30.6 Å². The lowest BCUT2D eigenvalue weighted by Gasteiger charge is -2.13. The summed E-state index contributed by atoms with van der Waals surface area (Å²) in [5.41, 5.74) is 8.30. The molecule has 0 fully saturated rings. The standard InChI is InChI=1S/C12H14N2/c13-8-12(11-6-7-14-9-11)10-4-2-1-3-5-10/h1-7,9,12,14H,8,13H2. The van der Waals surface area contributed by atoms with Crippen molar-refractivity contribution in [2.45, 2.75) is 5.92 Å². The predicted octanol–water partition coefficient (Wildman–Crippen LogP) is 2.11. The lowest BCUT2D eigenvalue weighted by Crippen LogP contribution is -2.12. The van der Waals surface area contributed by atoms with Crippen LogP contribution < -0.4 is 5.73 Å². The first-order valence-electron chi connectivity index (χ1n) is 4.79. The van der Waals surface area contributed by atoms with E-state index in [4.69, 9.17) is 5.73 Å². The number of hydrogen-bond acceptors (Lipinski definition) is 1. The first-order valence-corrected chi connectivity index (χ1v) is 4.79. The number of rotatable bonds is 3. The summed E-state index contributed by atoms with van der Waals surface area (Å²) in [6.45, 7) is 0.641. The minimum atomic E-state index is 0.308. The van der Waals surface area contributed by atoms with Gasteiger partial charge in [-0.1, -0.05) is 30.3 Å². The Morgan fingerprint density at radius 2 is 1.86 bits per heavy atom. The summed E-state index contributed by atoms with van der Waals surface area (Å²) < 4.78 is 0. The number of aromatic amines is 1. The molecule has 0 bridgehead atoms. The minimum Gasteiger partial charge on any atom is -0.367 e. The molecule has 14 heavy (non-hydrogen) atoms. The minimum absolute atomic E-state index is 0.308. The van der Waals surface area contributed by atoms with Crippen molar-refractivity contribution in [2.24, 2.45) is 5.73 Å². The van der Waals surface area contributed by atoms with Crippen LogP contribution in [0.25, 0.3) is 0 Å². The van der Waals surface area contributed by atoms with Gasteiger partial charge in [0.05, 0.1) is 0 Å². The number of H-pyrrole nitrogens is 1. The fourth-order valence-electron chi connectivity index (χ4n) is 1.70. The average Bonchev–Trinajstić information content (AvgIpc) is 2.74. The fourth-order valence-corrected chi connectivity index (χ4v) is 1.70. The summed E-state index contributed by atoms with van der Waals surface area (Å²) in [6.07, 6.45) is 3.94. The molecule has 0 radical (unpaired) electrons. The van der Waals surface area contributed by atoms with Crippen molar-refractivity contribution in [1.82, 2.24) is 4.98 Å². The Bertz CT molecular complexity index is 364. The van der Waals surface area contributed by atoms with E-state index < -0.39 is 0 Å². The molecular weight excluding hydrogens is 172 g/mol. The van der Waals surface area contributed by atoms with Crippen molar-refractivity contribution in [3.63, 3.8) is 0 Å². The van der Waals surface area contributed by atoms with Crippen LogP contribution in [0, 0.1) is 0 Å². The normalized spacial score (nSPS) is 12.6. The summed E-state index contributed by atoms with van der Waals surface area (Å²) in [7, 11) is 0. The number of nitrogens with two attached hydrogens (primary N) is 1. The Balaban J connectivity index is 2.31. The molecule has 1 aromatic heterocycles. The number of benzene rings is 1. The van der Waals surface area contributed by atoms with E-state index in [0.717, 1.165) is 0 Å². The van der Waals surface area contributed by atoms with Crippen LogP contribution in [0.3, 0.4) is 0 Å². The second kappa shape index (κ2) is 4.11. The molecule has 1 unspecified atom stereocenters. The Morgan fingerprint density at radius 1 is 1.07 bits per heavy atom. The zero-order valence-corrected chi connectivity index (χ0v) is 7.98. The van der Waals surface area contributed by atoms with Gasteiger partial charge >= 0.3 is 0 Å². The summed E-state index contributed by atoms with van der Waals surface area (Å²) in [5.74, 6) is 0.308. The Labute approximate surface area is 83.8 Å². The molecule has 0 aliphatic carbocycles. The van der Waals surface area contributed by atoms with Gasteiger partial charge in [-0.05, 0) is 17.2 Å². The van der Waals surface area contributed by atoms with Gasteiger partial charge in [-0.25, -0.2) is 0 Å². The summed E-state index contributed by atoms with van der Waals surface area (Å²) in [6, 6.07) is 12.4. The first kappa shape index (κ1) is 9.03. The fraction of sp³-hybridized carbons (Fsp3) is 0.167. The Kier molecular flexibility index (Phi) is 2.65. The van der Waals surface area contributed by atoms with Crippen molar-refractivity contribution in [3.8, 4) is 0 Å². The molecule has 2 nitrogen and oxygen atoms in total. The summed E-state index contributed by atoms with van der Waals surface area (Å²) >= 11 is 0. The van der Waals surface area contributed by atoms with Crippen LogP contribution in [0.1, 0.15) is 17.0 Å². The molecular formula is C12H14N2. The highest BCUT2D eigenvalue weighted by Gasteiger charge is 2.11. The molecule has 2 heteroatoms. The molecule has 72 valence electrons. The molecule has 2 aromatic rings. The van der Waals surface area contributed by atoms with Crippen LogP contribution in [0.2, 0.25) is 0 Å². The highest BCUT2D eigenvalue weighted by molar-refractivity contribution is 5.31. The topological polar surface area (TPSA) is 41.8 Å². The molecule has 2 rings (SSSR count). The van der Waals surface area contributed by atoms with E-state index in [0.29, 0.717) is 12.5 Å². The molecule has 0 aliphatic heterocycles. The van der Waals surface area contributed by atoms with Crippen LogP contribution in [0.5, 0.6) is 0 Å². The molecule has 1 heterocycles. The van der Waals surface area contributed by atoms with Crippen molar-refractivity contribution in [1.29, 1.82) is 0 Å². The Hall–Kier alpha value is -1.54. The first-order chi connectivity index (χ1) is 6.92. The molecule has 0 spiro atoms. The highest BCUT2D eigenvalue weighted by Crippen LogP contribution is 2.22. The van der Waals surface area contributed by atoms with E-state index in [1.165, 1.54) is 11.1 Å². The second-order valence-corrected chi connectivity index (χ2v) is 3.34. The largest absolute Gasteiger partial charge is 0.367 e. The van der Waals surface area contributed by atoms with Gasteiger partial charge in [-0.2, -0.15) is 0 Å². The van der Waals surface area contributed by atoms with Gasteiger partial charge in [-0.3, -0.25) is 0 Å². The van der Waals surface area contributed by atoms with Gasteiger partial charge in [0.25, 0.3) is 0 Å².